The van der Waals surface area contributed by atoms with E-state index in [1.165, 1.54) is 12.1 Å². The number of alkyl halides is 3. The van der Waals surface area contributed by atoms with Gasteiger partial charge in [0, 0.05) is 11.6 Å². The number of hydrogen-bond acceptors (Lipinski definition) is 5. The number of benzene rings is 1. The van der Waals surface area contributed by atoms with Gasteiger partial charge in [0.05, 0.1) is 4.92 Å². The first-order valence-electron chi connectivity index (χ1n) is 5.67. The predicted molar refractivity (Wildman–Crippen MR) is 75.6 cm³/mol. The van der Waals surface area contributed by atoms with Crippen molar-refractivity contribution < 1.29 is 27.7 Å². The molecule has 0 unspecified atom stereocenters. The van der Waals surface area contributed by atoms with Crippen LogP contribution in [0.2, 0.25) is 0 Å². The van der Waals surface area contributed by atoms with Gasteiger partial charge >= 0.3 is 6.18 Å². The van der Waals surface area contributed by atoms with Gasteiger partial charge in [-0.25, -0.2) is 0 Å². The highest BCUT2D eigenvalue weighted by Crippen LogP contribution is 2.38. The van der Waals surface area contributed by atoms with Gasteiger partial charge in [0.1, 0.15) is 11.3 Å². The van der Waals surface area contributed by atoms with E-state index in [-0.39, 0.29) is 35.3 Å². The summed E-state index contributed by atoms with van der Waals surface area (Å²) < 4.78 is 43.8. The Hall–Kier alpha value is -2.75. The summed E-state index contributed by atoms with van der Waals surface area (Å²) in [7, 11) is 0. The standard InChI is InChI=1S/C12H8F3N3O4.ClH/c13-12(14,15)7-5-6(1-2-8(7)18(20)21)9-3-4-10(22-9)11(16)17-19;/h1-5,19H,(H2,16,17);1H. The zero-order valence-corrected chi connectivity index (χ0v) is 11.9. The summed E-state index contributed by atoms with van der Waals surface area (Å²) in [5, 5.41) is 21.9. The minimum Gasteiger partial charge on any atom is -0.453 e. The lowest BCUT2D eigenvalue weighted by atomic mass is 10.1. The van der Waals surface area contributed by atoms with E-state index in [0.717, 1.165) is 12.1 Å². The van der Waals surface area contributed by atoms with E-state index >= 15 is 0 Å². The maximum absolute atomic E-state index is 12.9. The van der Waals surface area contributed by atoms with Crippen molar-refractivity contribution in [2.75, 3.05) is 0 Å². The van der Waals surface area contributed by atoms with Crippen molar-refractivity contribution in [1.29, 1.82) is 0 Å². The summed E-state index contributed by atoms with van der Waals surface area (Å²) >= 11 is 0. The second-order valence-corrected chi connectivity index (χ2v) is 4.14. The van der Waals surface area contributed by atoms with Crippen molar-refractivity contribution in [3.63, 3.8) is 0 Å². The Kier molecular flexibility index (Phi) is 5.22. The molecule has 2 aromatic rings. The lowest BCUT2D eigenvalue weighted by Gasteiger charge is -2.08. The molecule has 0 saturated heterocycles. The fraction of sp³-hybridized carbons (Fsp3) is 0.0833. The molecule has 0 radical (unpaired) electrons. The Balaban J connectivity index is 0.00000264. The minimum absolute atomic E-state index is 0. The average Bonchev–Trinajstić information content (AvgIpc) is 2.94. The summed E-state index contributed by atoms with van der Waals surface area (Å²) in [5.41, 5.74) is 2.81. The molecule has 124 valence electrons. The van der Waals surface area contributed by atoms with Crippen LogP contribution in [0.15, 0.2) is 39.9 Å². The number of nitro groups is 1. The third-order valence-electron chi connectivity index (χ3n) is 2.75. The zero-order valence-electron chi connectivity index (χ0n) is 11.1. The van der Waals surface area contributed by atoms with Crippen LogP contribution in [0.25, 0.3) is 11.3 Å². The molecule has 0 bridgehead atoms. The summed E-state index contributed by atoms with van der Waals surface area (Å²) in [6, 6.07) is 5.05. The van der Waals surface area contributed by atoms with Gasteiger partial charge in [0.25, 0.3) is 5.69 Å². The molecule has 0 aliphatic rings. The van der Waals surface area contributed by atoms with Crippen molar-refractivity contribution in [3.05, 3.63) is 51.8 Å². The van der Waals surface area contributed by atoms with E-state index in [4.69, 9.17) is 15.4 Å². The van der Waals surface area contributed by atoms with Crippen molar-refractivity contribution >= 4 is 23.9 Å². The monoisotopic (exact) mass is 351 g/mol. The zero-order chi connectivity index (χ0) is 16.5. The molecule has 1 aromatic carbocycles. The number of nitro benzene ring substituents is 1. The third-order valence-corrected chi connectivity index (χ3v) is 2.75. The topological polar surface area (TPSA) is 115 Å². The number of hydrogen-bond donors (Lipinski definition) is 2. The number of nitrogens with two attached hydrogens (primary N) is 1. The van der Waals surface area contributed by atoms with Crippen LogP contribution in [0.3, 0.4) is 0 Å². The van der Waals surface area contributed by atoms with E-state index in [1.54, 1.807) is 0 Å². The van der Waals surface area contributed by atoms with Gasteiger partial charge in [0.15, 0.2) is 5.76 Å². The van der Waals surface area contributed by atoms with E-state index < -0.39 is 22.4 Å². The molecule has 7 nitrogen and oxygen atoms in total. The Bertz CT molecular complexity index is 758. The summed E-state index contributed by atoms with van der Waals surface area (Å²) in [5.74, 6) is -0.421. The van der Waals surface area contributed by atoms with Crippen molar-refractivity contribution in [2.24, 2.45) is 10.9 Å². The van der Waals surface area contributed by atoms with Crippen LogP contribution in [0.5, 0.6) is 0 Å². The fourth-order valence-corrected chi connectivity index (χ4v) is 1.76. The van der Waals surface area contributed by atoms with Crippen LogP contribution in [-0.4, -0.2) is 16.0 Å². The normalized spacial score (nSPS) is 11.9. The summed E-state index contributed by atoms with van der Waals surface area (Å²) in [6.07, 6.45) is -4.89. The summed E-state index contributed by atoms with van der Waals surface area (Å²) in [6.45, 7) is 0. The van der Waals surface area contributed by atoms with Gasteiger partial charge in [-0.15, -0.1) is 12.4 Å². The van der Waals surface area contributed by atoms with Crippen molar-refractivity contribution in [2.45, 2.75) is 6.18 Å². The Morgan fingerprint density at radius 3 is 2.48 bits per heavy atom. The molecule has 0 spiro atoms. The number of oxime groups is 1. The largest absolute Gasteiger partial charge is 0.453 e. The highest BCUT2D eigenvalue weighted by atomic mass is 35.5. The quantitative estimate of drug-likeness (QED) is 0.289. The second-order valence-electron chi connectivity index (χ2n) is 4.14. The van der Waals surface area contributed by atoms with Gasteiger partial charge in [-0.3, -0.25) is 10.1 Å². The first-order chi connectivity index (χ1) is 10.2. The molecular formula is C12H9ClF3N3O4. The molecule has 11 heteroatoms. The third kappa shape index (κ3) is 3.72. The molecule has 2 rings (SSSR count). The number of halogens is 4. The molecule has 0 amide bonds. The smallest absolute Gasteiger partial charge is 0.423 e. The van der Waals surface area contributed by atoms with Crippen LogP contribution >= 0.6 is 12.4 Å². The predicted octanol–water partition coefficient (Wildman–Crippen LogP) is 3.39. The molecule has 0 aliphatic heterocycles. The Labute approximate surface area is 132 Å². The molecule has 1 aromatic heterocycles. The van der Waals surface area contributed by atoms with Crippen LogP contribution < -0.4 is 5.73 Å². The Morgan fingerprint density at radius 2 is 1.96 bits per heavy atom. The van der Waals surface area contributed by atoms with Crippen LogP contribution in [0.1, 0.15) is 11.3 Å². The molecule has 23 heavy (non-hydrogen) atoms. The number of amidine groups is 1. The van der Waals surface area contributed by atoms with E-state index in [2.05, 4.69) is 5.16 Å². The second kappa shape index (κ2) is 6.57. The summed E-state index contributed by atoms with van der Waals surface area (Å²) in [4.78, 5) is 9.56. The van der Waals surface area contributed by atoms with Gasteiger partial charge in [-0.2, -0.15) is 13.2 Å². The van der Waals surface area contributed by atoms with Crippen molar-refractivity contribution in [1.82, 2.24) is 0 Å². The first-order valence-corrected chi connectivity index (χ1v) is 5.67. The molecule has 0 saturated carbocycles. The molecule has 0 fully saturated rings. The lowest BCUT2D eigenvalue weighted by molar-refractivity contribution is -0.388. The fourth-order valence-electron chi connectivity index (χ4n) is 1.76. The first kappa shape index (κ1) is 18.3. The maximum atomic E-state index is 12.9. The van der Waals surface area contributed by atoms with Gasteiger partial charge in [0.2, 0.25) is 5.84 Å². The molecule has 0 atom stereocenters. The minimum atomic E-state index is -4.89. The highest BCUT2D eigenvalue weighted by Gasteiger charge is 2.38. The van der Waals surface area contributed by atoms with Crippen LogP contribution in [-0.2, 0) is 6.18 Å². The SMILES string of the molecule is Cl.NC(=NO)c1ccc(-c2ccc([N+](=O)[O-])c(C(F)(F)F)c2)o1. The number of nitrogens with zero attached hydrogens (tertiary/aromatic N) is 2. The van der Waals surface area contributed by atoms with Crippen LogP contribution in [0, 0.1) is 10.1 Å². The maximum Gasteiger partial charge on any atom is 0.423 e. The van der Waals surface area contributed by atoms with Gasteiger partial charge in [-0.05, 0) is 24.3 Å². The highest BCUT2D eigenvalue weighted by molar-refractivity contribution is 5.94. The van der Waals surface area contributed by atoms with Gasteiger partial charge in [-0.1, -0.05) is 5.16 Å². The van der Waals surface area contributed by atoms with Crippen LogP contribution in [0.4, 0.5) is 18.9 Å². The lowest BCUT2D eigenvalue weighted by Crippen LogP contribution is -2.11. The van der Waals surface area contributed by atoms with E-state index in [0.29, 0.717) is 6.07 Å². The average molecular weight is 352 g/mol. The van der Waals surface area contributed by atoms with E-state index in [1.807, 2.05) is 0 Å². The molecular weight excluding hydrogens is 343 g/mol. The van der Waals surface area contributed by atoms with Gasteiger partial charge < -0.3 is 15.4 Å². The van der Waals surface area contributed by atoms with Crippen molar-refractivity contribution in [3.8, 4) is 11.3 Å². The number of furan rings is 1. The molecule has 1 heterocycles. The Morgan fingerprint density at radius 1 is 1.30 bits per heavy atom. The number of rotatable bonds is 3. The van der Waals surface area contributed by atoms with E-state index in [9.17, 15) is 23.3 Å². The molecule has 3 N–H and O–H groups in total. The molecule has 0 aliphatic carbocycles.